The molecule has 6 heteroatoms. The maximum absolute atomic E-state index is 11.7. The van der Waals surface area contributed by atoms with Crippen molar-refractivity contribution in [3.63, 3.8) is 0 Å². The quantitative estimate of drug-likeness (QED) is 0.500. The number of nitrogens with zero attached hydrogens (tertiary/aromatic N) is 1. The van der Waals surface area contributed by atoms with E-state index in [9.17, 15) is 9.59 Å². The fourth-order valence-electron chi connectivity index (χ4n) is 1.64. The molecule has 0 atom stereocenters. The molecule has 1 aliphatic rings. The van der Waals surface area contributed by atoms with Crippen molar-refractivity contribution in [2.24, 2.45) is 5.92 Å². The van der Waals surface area contributed by atoms with E-state index in [4.69, 9.17) is 4.74 Å². The summed E-state index contributed by atoms with van der Waals surface area (Å²) in [5, 5.41) is 5.71. The van der Waals surface area contributed by atoms with Crippen LogP contribution in [0.1, 0.15) is 13.8 Å². The molecule has 0 aliphatic carbocycles. The molecule has 0 aromatic heterocycles. The van der Waals surface area contributed by atoms with Crippen LogP contribution in [0.15, 0.2) is 0 Å². The molecule has 6 nitrogen and oxygen atoms in total. The second-order valence-corrected chi connectivity index (χ2v) is 4.77. The highest BCUT2D eigenvalue weighted by atomic mass is 16.5. The molecule has 0 bridgehead atoms. The Morgan fingerprint density at radius 1 is 1.33 bits per heavy atom. The van der Waals surface area contributed by atoms with E-state index in [1.165, 1.54) is 0 Å². The van der Waals surface area contributed by atoms with Gasteiger partial charge >= 0.3 is 11.8 Å². The lowest BCUT2D eigenvalue weighted by molar-refractivity contribution is -0.146. The zero-order chi connectivity index (χ0) is 13.4. The van der Waals surface area contributed by atoms with Crippen LogP contribution in [0.4, 0.5) is 0 Å². The average molecular weight is 257 g/mol. The van der Waals surface area contributed by atoms with E-state index in [2.05, 4.69) is 24.5 Å². The van der Waals surface area contributed by atoms with Gasteiger partial charge in [0.25, 0.3) is 0 Å². The number of piperazine rings is 1. The highest BCUT2D eigenvalue weighted by molar-refractivity contribution is 6.35. The fourth-order valence-corrected chi connectivity index (χ4v) is 1.64. The Morgan fingerprint density at radius 2 is 2.00 bits per heavy atom. The Bertz CT molecular complexity index is 276. The van der Waals surface area contributed by atoms with E-state index in [0.29, 0.717) is 38.8 Å². The summed E-state index contributed by atoms with van der Waals surface area (Å²) in [6, 6.07) is 0. The van der Waals surface area contributed by atoms with Crippen LogP contribution in [0.5, 0.6) is 0 Å². The first-order valence-corrected chi connectivity index (χ1v) is 6.47. The molecule has 0 aromatic rings. The van der Waals surface area contributed by atoms with Gasteiger partial charge in [-0.1, -0.05) is 13.8 Å². The number of hydrogen-bond donors (Lipinski definition) is 2. The zero-order valence-electron chi connectivity index (χ0n) is 11.2. The highest BCUT2D eigenvalue weighted by Crippen LogP contribution is 1.94. The fraction of sp³-hybridized carbons (Fsp3) is 0.833. The van der Waals surface area contributed by atoms with Crippen LogP contribution >= 0.6 is 0 Å². The minimum atomic E-state index is -0.537. The van der Waals surface area contributed by atoms with Crippen molar-refractivity contribution < 1.29 is 14.3 Å². The van der Waals surface area contributed by atoms with E-state index >= 15 is 0 Å². The SMILES string of the molecule is CC(C)COCCNC(=O)C(=O)N1CCNCC1. The number of amides is 2. The van der Waals surface area contributed by atoms with Gasteiger partial charge in [-0.3, -0.25) is 9.59 Å². The van der Waals surface area contributed by atoms with Crippen molar-refractivity contribution >= 4 is 11.8 Å². The van der Waals surface area contributed by atoms with E-state index in [-0.39, 0.29) is 0 Å². The van der Waals surface area contributed by atoms with E-state index in [1.54, 1.807) is 4.90 Å². The largest absolute Gasteiger partial charge is 0.379 e. The minimum Gasteiger partial charge on any atom is -0.379 e. The molecule has 1 saturated heterocycles. The van der Waals surface area contributed by atoms with Crippen LogP contribution < -0.4 is 10.6 Å². The molecule has 0 spiro atoms. The Labute approximate surface area is 108 Å². The molecule has 1 rings (SSSR count). The lowest BCUT2D eigenvalue weighted by Gasteiger charge is -2.26. The van der Waals surface area contributed by atoms with Crippen LogP contribution in [-0.4, -0.2) is 62.7 Å². The Hall–Kier alpha value is -1.14. The van der Waals surface area contributed by atoms with Gasteiger partial charge in [-0.05, 0) is 5.92 Å². The topological polar surface area (TPSA) is 70.7 Å². The van der Waals surface area contributed by atoms with Crippen molar-refractivity contribution in [1.29, 1.82) is 0 Å². The van der Waals surface area contributed by atoms with Crippen LogP contribution in [0.2, 0.25) is 0 Å². The summed E-state index contributed by atoms with van der Waals surface area (Å²) in [5.41, 5.74) is 0. The molecule has 0 saturated carbocycles. The standard InChI is InChI=1S/C12H23N3O3/c1-10(2)9-18-8-5-14-11(16)12(17)15-6-3-13-4-7-15/h10,13H,3-9H2,1-2H3,(H,14,16). The van der Waals surface area contributed by atoms with Gasteiger partial charge < -0.3 is 20.3 Å². The maximum Gasteiger partial charge on any atom is 0.311 e. The van der Waals surface area contributed by atoms with E-state index in [0.717, 1.165) is 13.1 Å². The van der Waals surface area contributed by atoms with Crippen molar-refractivity contribution in [1.82, 2.24) is 15.5 Å². The third-order valence-electron chi connectivity index (χ3n) is 2.58. The molecule has 1 aliphatic heterocycles. The Balaban J connectivity index is 2.13. The lowest BCUT2D eigenvalue weighted by Crippen LogP contribution is -2.51. The van der Waals surface area contributed by atoms with Crippen molar-refractivity contribution in [2.45, 2.75) is 13.8 Å². The molecule has 104 valence electrons. The normalized spacial score (nSPS) is 15.8. The first-order valence-electron chi connectivity index (χ1n) is 6.47. The summed E-state index contributed by atoms with van der Waals surface area (Å²) < 4.78 is 5.32. The number of rotatable bonds is 5. The summed E-state index contributed by atoms with van der Waals surface area (Å²) in [7, 11) is 0. The molecular formula is C12H23N3O3. The summed E-state index contributed by atoms with van der Waals surface area (Å²) in [4.78, 5) is 24.8. The Kier molecular flexibility index (Phi) is 6.67. The van der Waals surface area contributed by atoms with Crippen molar-refractivity contribution in [3.05, 3.63) is 0 Å². The summed E-state index contributed by atoms with van der Waals surface area (Å²) in [6.45, 7) is 8.29. The third kappa shape index (κ3) is 5.46. The van der Waals surface area contributed by atoms with Crippen LogP contribution in [0.25, 0.3) is 0 Å². The van der Waals surface area contributed by atoms with Gasteiger partial charge in [0.05, 0.1) is 6.61 Å². The second kappa shape index (κ2) is 8.05. The first-order chi connectivity index (χ1) is 8.61. The first kappa shape index (κ1) is 14.9. The average Bonchev–Trinajstić information content (AvgIpc) is 2.38. The van der Waals surface area contributed by atoms with Crippen LogP contribution in [0, 0.1) is 5.92 Å². The smallest absolute Gasteiger partial charge is 0.311 e. The maximum atomic E-state index is 11.7. The molecule has 1 heterocycles. The van der Waals surface area contributed by atoms with E-state index in [1.807, 2.05) is 0 Å². The summed E-state index contributed by atoms with van der Waals surface area (Å²) in [6.07, 6.45) is 0. The molecule has 0 aromatic carbocycles. The number of carbonyl (C=O) groups excluding carboxylic acids is 2. The molecule has 0 unspecified atom stereocenters. The highest BCUT2D eigenvalue weighted by Gasteiger charge is 2.22. The van der Waals surface area contributed by atoms with Gasteiger partial charge in [-0.2, -0.15) is 0 Å². The molecule has 18 heavy (non-hydrogen) atoms. The predicted octanol–water partition coefficient (Wildman–Crippen LogP) is -0.793. The van der Waals surface area contributed by atoms with Gasteiger partial charge in [-0.25, -0.2) is 0 Å². The minimum absolute atomic E-state index is 0.378. The van der Waals surface area contributed by atoms with Crippen LogP contribution in [0.3, 0.4) is 0 Å². The van der Waals surface area contributed by atoms with Crippen LogP contribution in [-0.2, 0) is 14.3 Å². The Morgan fingerprint density at radius 3 is 2.61 bits per heavy atom. The zero-order valence-corrected chi connectivity index (χ0v) is 11.2. The van der Waals surface area contributed by atoms with Gasteiger partial charge in [0.2, 0.25) is 0 Å². The lowest BCUT2D eigenvalue weighted by atomic mass is 10.2. The number of ether oxygens (including phenoxy) is 1. The predicted molar refractivity (Wildman–Crippen MR) is 68.1 cm³/mol. The number of carbonyl (C=O) groups is 2. The van der Waals surface area contributed by atoms with Gasteiger partial charge in [-0.15, -0.1) is 0 Å². The van der Waals surface area contributed by atoms with Crippen molar-refractivity contribution in [2.75, 3.05) is 45.9 Å². The van der Waals surface area contributed by atoms with E-state index < -0.39 is 11.8 Å². The van der Waals surface area contributed by atoms with Gasteiger partial charge in [0.15, 0.2) is 0 Å². The molecule has 0 radical (unpaired) electrons. The monoisotopic (exact) mass is 257 g/mol. The molecule has 1 fully saturated rings. The number of hydrogen-bond acceptors (Lipinski definition) is 4. The molecule has 2 N–H and O–H groups in total. The molecule has 2 amide bonds. The summed E-state index contributed by atoms with van der Waals surface area (Å²) >= 11 is 0. The number of nitrogens with one attached hydrogen (secondary N) is 2. The van der Waals surface area contributed by atoms with Gasteiger partial charge in [0, 0.05) is 39.3 Å². The summed E-state index contributed by atoms with van der Waals surface area (Å²) in [5.74, 6) is -0.506. The molecular weight excluding hydrogens is 234 g/mol. The van der Waals surface area contributed by atoms with Crippen molar-refractivity contribution in [3.8, 4) is 0 Å². The third-order valence-corrected chi connectivity index (χ3v) is 2.58. The second-order valence-electron chi connectivity index (χ2n) is 4.77. The van der Waals surface area contributed by atoms with Gasteiger partial charge in [0.1, 0.15) is 0 Å².